The summed E-state index contributed by atoms with van der Waals surface area (Å²) in [5, 5.41) is 2.72. The molecule has 20 heavy (non-hydrogen) atoms. The van der Waals surface area contributed by atoms with Crippen molar-refractivity contribution >= 4 is 11.8 Å². The summed E-state index contributed by atoms with van der Waals surface area (Å²) >= 11 is 0. The highest BCUT2D eigenvalue weighted by molar-refractivity contribution is 5.89. The van der Waals surface area contributed by atoms with Gasteiger partial charge >= 0.3 is 0 Å². The zero-order valence-corrected chi connectivity index (χ0v) is 13.1. The molecule has 1 aliphatic rings. The fraction of sp³-hybridized carbons (Fsp3) is 0.875. The molecule has 0 radical (unpaired) electrons. The van der Waals surface area contributed by atoms with Crippen LogP contribution in [-0.4, -0.2) is 35.8 Å². The lowest BCUT2D eigenvalue weighted by atomic mass is 10.1. The predicted molar refractivity (Wildman–Crippen MR) is 81.4 cm³/mol. The molecule has 4 nitrogen and oxygen atoms in total. The maximum atomic E-state index is 12.0. The van der Waals surface area contributed by atoms with Crippen LogP contribution in [-0.2, 0) is 9.59 Å². The van der Waals surface area contributed by atoms with E-state index >= 15 is 0 Å². The second kappa shape index (κ2) is 9.78. The summed E-state index contributed by atoms with van der Waals surface area (Å²) < 4.78 is 0. The molecule has 0 bridgehead atoms. The smallest absolute Gasteiger partial charge is 0.244 e. The van der Waals surface area contributed by atoms with Crippen molar-refractivity contribution in [2.45, 2.75) is 77.7 Å². The molecule has 1 N–H and O–H groups in total. The molecule has 0 aromatic carbocycles. The zero-order valence-electron chi connectivity index (χ0n) is 13.1. The first-order chi connectivity index (χ1) is 9.65. The van der Waals surface area contributed by atoms with Crippen LogP contribution in [0, 0.1) is 0 Å². The fourth-order valence-corrected chi connectivity index (χ4v) is 2.65. The van der Waals surface area contributed by atoms with Gasteiger partial charge in [-0.25, -0.2) is 0 Å². The summed E-state index contributed by atoms with van der Waals surface area (Å²) in [5.74, 6) is 0.0584. The van der Waals surface area contributed by atoms with Gasteiger partial charge in [-0.05, 0) is 13.3 Å². The third-order valence-corrected chi connectivity index (χ3v) is 3.95. The van der Waals surface area contributed by atoms with Crippen molar-refractivity contribution in [1.82, 2.24) is 10.2 Å². The second-order valence-corrected chi connectivity index (χ2v) is 5.84. The standard InChI is InChI=1S/C16H30N2O2/c1-3-4-5-6-7-8-9-10-12-18-13-11-15(19)17-14(2)16(18)20/h14H,3-13H2,1-2H3,(H,17,19). The van der Waals surface area contributed by atoms with Gasteiger partial charge in [-0.1, -0.05) is 51.9 Å². The molecule has 2 amide bonds. The van der Waals surface area contributed by atoms with E-state index < -0.39 is 0 Å². The lowest BCUT2D eigenvalue weighted by Crippen LogP contribution is -2.42. The molecule has 0 aromatic rings. The van der Waals surface area contributed by atoms with Crippen molar-refractivity contribution in [3.8, 4) is 0 Å². The van der Waals surface area contributed by atoms with Gasteiger partial charge in [0.05, 0.1) is 0 Å². The van der Waals surface area contributed by atoms with E-state index in [4.69, 9.17) is 0 Å². The summed E-state index contributed by atoms with van der Waals surface area (Å²) in [6.07, 6.45) is 10.6. The Hall–Kier alpha value is -1.06. The van der Waals surface area contributed by atoms with Crippen LogP contribution in [0.25, 0.3) is 0 Å². The number of nitrogens with zero attached hydrogens (tertiary/aromatic N) is 1. The topological polar surface area (TPSA) is 49.4 Å². The van der Waals surface area contributed by atoms with Crippen LogP contribution in [0.5, 0.6) is 0 Å². The van der Waals surface area contributed by atoms with Crippen LogP contribution >= 0.6 is 0 Å². The van der Waals surface area contributed by atoms with Crippen molar-refractivity contribution in [2.24, 2.45) is 0 Å². The van der Waals surface area contributed by atoms with Gasteiger partial charge in [-0.15, -0.1) is 0 Å². The average Bonchev–Trinajstić information content (AvgIpc) is 2.54. The number of nitrogens with one attached hydrogen (secondary N) is 1. The van der Waals surface area contributed by atoms with Gasteiger partial charge in [-0.3, -0.25) is 9.59 Å². The first-order valence-corrected chi connectivity index (χ1v) is 8.23. The van der Waals surface area contributed by atoms with Crippen molar-refractivity contribution in [3.63, 3.8) is 0 Å². The van der Waals surface area contributed by atoms with Gasteiger partial charge in [0.2, 0.25) is 11.8 Å². The normalized spacial score (nSPS) is 19.9. The Morgan fingerprint density at radius 1 is 1.05 bits per heavy atom. The zero-order chi connectivity index (χ0) is 14.8. The summed E-state index contributed by atoms with van der Waals surface area (Å²) in [7, 11) is 0. The van der Waals surface area contributed by atoms with Gasteiger partial charge in [0.15, 0.2) is 0 Å². The monoisotopic (exact) mass is 282 g/mol. The second-order valence-electron chi connectivity index (χ2n) is 5.84. The highest BCUT2D eigenvalue weighted by atomic mass is 16.2. The maximum Gasteiger partial charge on any atom is 0.244 e. The molecule has 1 fully saturated rings. The van der Waals surface area contributed by atoms with Crippen molar-refractivity contribution in [1.29, 1.82) is 0 Å². The van der Waals surface area contributed by atoms with E-state index in [1.165, 1.54) is 44.9 Å². The van der Waals surface area contributed by atoms with Gasteiger partial charge in [-0.2, -0.15) is 0 Å². The summed E-state index contributed by atoms with van der Waals surface area (Å²) in [6.45, 7) is 5.38. The van der Waals surface area contributed by atoms with Crippen LogP contribution in [0.2, 0.25) is 0 Å². The Balaban J connectivity index is 2.11. The predicted octanol–water partition coefficient (Wildman–Crippen LogP) is 2.86. The summed E-state index contributed by atoms with van der Waals surface area (Å²) in [4.78, 5) is 25.3. The lowest BCUT2D eigenvalue weighted by molar-refractivity contribution is -0.133. The van der Waals surface area contributed by atoms with Crippen molar-refractivity contribution in [3.05, 3.63) is 0 Å². The van der Waals surface area contributed by atoms with Crippen LogP contribution in [0.1, 0.15) is 71.6 Å². The molecule has 116 valence electrons. The minimum Gasteiger partial charge on any atom is -0.345 e. The molecule has 1 heterocycles. The lowest BCUT2D eigenvalue weighted by Gasteiger charge is -2.22. The minimum absolute atomic E-state index is 0.00993. The molecule has 0 aromatic heterocycles. The van der Waals surface area contributed by atoms with E-state index in [1.807, 2.05) is 4.90 Å². The summed E-state index contributed by atoms with van der Waals surface area (Å²) in [6, 6.07) is -0.362. The first kappa shape index (κ1) is 17.0. The Kier molecular flexibility index (Phi) is 8.31. The van der Waals surface area contributed by atoms with E-state index in [1.54, 1.807) is 6.92 Å². The number of amides is 2. The van der Waals surface area contributed by atoms with Crippen LogP contribution in [0.3, 0.4) is 0 Å². The largest absolute Gasteiger partial charge is 0.345 e. The maximum absolute atomic E-state index is 12.0. The molecule has 1 rings (SSSR count). The Morgan fingerprint density at radius 3 is 2.30 bits per heavy atom. The number of hydrogen-bond acceptors (Lipinski definition) is 2. The summed E-state index contributed by atoms with van der Waals surface area (Å²) in [5.41, 5.74) is 0. The van der Waals surface area contributed by atoms with Crippen LogP contribution < -0.4 is 5.32 Å². The van der Waals surface area contributed by atoms with Crippen LogP contribution in [0.4, 0.5) is 0 Å². The van der Waals surface area contributed by atoms with Gasteiger partial charge in [0.25, 0.3) is 0 Å². The van der Waals surface area contributed by atoms with Crippen molar-refractivity contribution < 1.29 is 9.59 Å². The Labute approximate surface area is 123 Å². The molecule has 1 aliphatic heterocycles. The van der Waals surface area contributed by atoms with E-state index in [0.29, 0.717) is 13.0 Å². The molecule has 4 heteroatoms. The minimum atomic E-state index is -0.362. The number of hydrogen-bond donors (Lipinski definition) is 1. The van der Waals surface area contributed by atoms with E-state index in [0.717, 1.165) is 13.0 Å². The van der Waals surface area contributed by atoms with Gasteiger partial charge < -0.3 is 10.2 Å². The third kappa shape index (κ3) is 6.40. The fourth-order valence-electron chi connectivity index (χ4n) is 2.65. The molecule has 0 spiro atoms. The number of carbonyl (C=O) groups is 2. The SMILES string of the molecule is CCCCCCCCCCN1CCC(=O)NC(C)C1=O. The highest BCUT2D eigenvalue weighted by Crippen LogP contribution is 2.10. The number of rotatable bonds is 9. The average molecular weight is 282 g/mol. The molecule has 1 atom stereocenters. The molecule has 0 aliphatic carbocycles. The molecule has 1 unspecified atom stereocenters. The molecular formula is C16H30N2O2. The third-order valence-electron chi connectivity index (χ3n) is 3.95. The number of carbonyl (C=O) groups excluding carboxylic acids is 2. The van der Waals surface area contributed by atoms with E-state index in [9.17, 15) is 9.59 Å². The molecular weight excluding hydrogens is 252 g/mol. The first-order valence-electron chi connectivity index (χ1n) is 8.23. The van der Waals surface area contributed by atoms with E-state index in [2.05, 4.69) is 12.2 Å². The molecule has 1 saturated heterocycles. The van der Waals surface area contributed by atoms with Crippen molar-refractivity contribution in [2.75, 3.05) is 13.1 Å². The Bertz CT molecular complexity index is 305. The highest BCUT2D eigenvalue weighted by Gasteiger charge is 2.25. The van der Waals surface area contributed by atoms with E-state index in [-0.39, 0.29) is 17.9 Å². The van der Waals surface area contributed by atoms with Gasteiger partial charge in [0.1, 0.15) is 6.04 Å². The number of unbranched alkanes of at least 4 members (excludes halogenated alkanes) is 7. The molecule has 0 saturated carbocycles. The quantitative estimate of drug-likeness (QED) is 0.661. The van der Waals surface area contributed by atoms with Crippen LogP contribution in [0.15, 0.2) is 0 Å². The Morgan fingerprint density at radius 2 is 1.65 bits per heavy atom. The van der Waals surface area contributed by atoms with Gasteiger partial charge in [0, 0.05) is 19.5 Å².